The molecule has 1 heterocycles. The molecule has 5 aromatic rings. The molecule has 1 amide bonds. The van der Waals surface area contributed by atoms with Gasteiger partial charge in [-0.15, -0.1) is 0 Å². The number of aryl methyl sites for hydroxylation is 1. The smallest absolute Gasteiger partial charge is 0.255 e. The highest BCUT2D eigenvalue weighted by atomic mass is 35.5. The summed E-state index contributed by atoms with van der Waals surface area (Å²) in [5.41, 5.74) is 4.59. The number of hydrogen-bond acceptors (Lipinski definition) is 7. The van der Waals surface area contributed by atoms with Gasteiger partial charge in [0.1, 0.15) is 11.5 Å². The lowest BCUT2D eigenvalue weighted by Gasteiger charge is -2.22. The van der Waals surface area contributed by atoms with E-state index in [0.29, 0.717) is 26.9 Å². The minimum Gasteiger partial charge on any atom is -0.459 e. The molecule has 1 N–H and O–H groups in total. The third-order valence-electron chi connectivity index (χ3n) is 7.30. The average Bonchev–Trinajstić information content (AvgIpc) is 3.54. The Hall–Kier alpha value is -4.30. The van der Waals surface area contributed by atoms with Gasteiger partial charge in [-0.05, 0) is 66.6 Å². The average molecular weight is 740 g/mol. The second-order valence-corrected chi connectivity index (χ2v) is 15.7. The van der Waals surface area contributed by atoms with Crippen LogP contribution in [-0.2, 0) is 44.5 Å². The quantitative estimate of drug-likeness (QED) is 0.101. The molecule has 0 radical (unpaired) electrons. The van der Waals surface area contributed by atoms with Crippen molar-refractivity contribution in [2.24, 2.45) is 5.10 Å². The summed E-state index contributed by atoms with van der Waals surface area (Å²) in [5.74, 6) is -0.127. The van der Waals surface area contributed by atoms with Crippen LogP contribution in [0.2, 0.25) is 10.0 Å². The van der Waals surface area contributed by atoms with E-state index in [1.165, 1.54) is 22.7 Å². The highest BCUT2D eigenvalue weighted by Gasteiger charge is 2.28. The topological polar surface area (TPSA) is 129 Å². The lowest BCUT2D eigenvalue weighted by atomic mass is 10.2. The summed E-state index contributed by atoms with van der Waals surface area (Å²) in [6.45, 7) is 1.21. The minimum absolute atomic E-state index is 0.0152. The molecular formula is C35H32Cl2N4O6S2. The number of nitrogens with one attached hydrogen (secondary N) is 1. The Bertz CT molecular complexity index is 2140. The van der Waals surface area contributed by atoms with Crippen LogP contribution >= 0.6 is 23.2 Å². The molecule has 10 nitrogen and oxygen atoms in total. The molecule has 0 saturated heterocycles. The number of benzene rings is 4. The monoisotopic (exact) mass is 738 g/mol. The van der Waals surface area contributed by atoms with Crippen molar-refractivity contribution < 1.29 is 26.0 Å². The van der Waals surface area contributed by atoms with Crippen LogP contribution in [0.25, 0.3) is 0 Å². The van der Waals surface area contributed by atoms with Gasteiger partial charge < -0.3 is 4.42 Å². The van der Waals surface area contributed by atoms with E-state index in [2.05, 4.69) is 10.5 Å². The van der Waals surface area contributed by atoms with Crippen molar-refractivity contribution in [3.8, 4) is 0 Å². The third-order valence-corrected chi connectivity index (χ3v) is 11.7. The van der Waals surface area contributed by atoms with Crippen LogP contribution in [-0.4, -0.2) is 44.1 Å². The number of carbonyl (C=O) groups excluding carboxylic acids is 1. The summed E-state index contributed by atoms with van der Waals surface area (Å²) in [6, 6.07) is 31.4. The van der Waals surface area contributed by atoms with Crippen LogP contribution < -0.4 is 5.43 Å². The maximum atomic E-state index is 13.7. The summed E-state index contributed by atoms with van der Waals surface area (Å²) < 4.78 is 62.5. The summed E-state index contributed by atoms with van der Waals surface area (Å²) in [4.78, 5) is 13.1. The van der Waals surface area contributed by atoms with Gasteiger partial charge >= 0.3 is 0 Å². The first-order valence-electron chi connectivity index (χ1n) is 14.9. The second kappa shape index (κ2) is 15.9. The Kier molecular flexibility index (Phi) is 11.7. The lowest BCUT2D eigenvalue weighted by molar-refractivity contribution is -0.121. The number of carbonyl (C=O) groups is 1. The number of furan rings is 1. The van der Waals surface area contributed by atoms with Crippen molar-refractivity contribution in [3.05, 3.63) is 154 Å². The lowest BCUT2D eigenvalue weighted by Crippen LogP contribution is -2.39. The number of rotatable bonds is 14. The highest BCUT2D eigenvalue weighted by molar-refractivity contribution is 7.89. The molecule has 0 aliphatic rings. The normalized spacial score (nSPS) is 12.2. The molecule has 0 aliphatic carbocycles. The van der Waals surface area contributed by atoms with Crippen molar-refractivity contribution in [1.29, 1.82) is 0 Å². The highest BCUT2D eigenvalue weighted by Crippen LogP contribution is 2.27. The minimum atomic E-state index is -4.01. The van der Waals surface area contributed by atoms with Gasteiger partial charge in [0.25, 0.3) is 5.91 Å². The van der Waals surface area contributed by atoms with Crippen LogP contribution in [0.3, 0.4) is 0 Å². The molecule has 0 bridgehead atoms. The first-order chi connectivity index (χ1) is 23.4. The van der Waals surface area contributed by atoms with Gasteiger partial charge in [0, 0.05) is 13.1 Å². The number of sulfonamides is 2. The molecule has 0 fully saturated rings. The Morgan fingerprint density at radius 2 is 1.33 bits per heavy atom. The Balaban J connectivity index is 1.29. The zero-order valence-corrected chi connectivity index (χ0v) is 29.4. The van der Waals surface area contributed by atoms with Gasteiger partial charge in [0.2, 0.25) is 20.0 Å². The van der Waals surface area contributed by atoms with Crippen LogP contribution in [0.15, 0.2) is 135 Å². The van der Waals surface area contributed by atoms with E-state index < -0.39 is 32.5 Å². The van der Waals surface area contributed by atoms with E-state index in [9.17, 15) is 21.6 Å². The van der Waals surface area contributed by atoms with Crippen molar-refractivity contribution >= 4 is 55.4 Å². The molecule has 0 atom stereocenters. The fourth-order valence-electron chi connectivity index (χ4n) is 4.77. The predicted octanol–water partition coefficient (Wildman–Crippen LogP) is 6.63. The maximum Gasteiger partial charge on any atom is 0.255 e. The summed E-state index contributed by atoms with van der Waals surface area (Å²) >= 11 is 12.3. The molecule has 0 unspecified atom stereocenters. The van der Waals surface area contributed by atoms with E-state index in [4.69, 9.17) is 27.6 Å². The largest absolute Gasteiger partial charge is 0.459 e. The molecule has 49 heavy (non-hydrogen) atoms. The Morgan fingerprint density at radius 3 is 2.00 bits per heavy atom. The molecule has 5 rings (SSSR count). The molecule has 254 valence electrons. The van der Waals surface area contributed by atoms with Gasteiger partial charge in [-0.1, -0.05) is 95.5 Å². The Labute approximate surface area is 295 Å². The number of halogens is 2. The van der Waals surface area contributed by atoms with Crippen LogP contribution in [0.4, 0.5) is 0 Å². The molecule has 0 aliphatic heterocycles. The van der Waals surface area contributed by atoms with Crippen molar-refractivity contribution in [2.75, 3.05) is 6.54 Å². The summed E-state index contributed by atoms with van der Waals surface area (Å²) in [6.07, 6.45) is 1.24. The predicted molar refractivity (Wildman–Crippen MR) is 189 cm³/mol. The van der Waals surface area contributed by atoms with E-state index in [0.717, 1.165) is 9.87 Å². The molecule has 4 aromatic carbocycles. The van der Waals surface area contributed by atoms with Gasteiger partial charge in [-0.3, -0.25) is 4.79 Å². The van der Waals surface area contributed by atoms with Gasteiger partial charge in [0.05, 0.1) is 39.1 Å². The second-order valence-electron chi connectivity index (χ2n) is 11.0. The number of hydrogen-bond donors (Lipinski definition) is 1. The first-order valence-corrected chi connectivity index (χ1v) is 18.6. The maximum absolute atomic E-state index is 13.7. The fraction of sp³-hybridized carbons (Fsp3) is 0.143. The van der Waals surface area contributed by atoms with Crippen molar-refractivity contribution in [1.82, 2.24) is 14.0 Å². The van der Waals surface area contributed by atoms with Gasteiger partial charge in [-0.25, -0.2) is 22.3 Å². The standard InChI is InChI=1S/C35H32Cl2N4O6S2/c1-26-12-17-32(18-13-26)49(45,46)40(23-28-14-19-33(36)34(37)20-28)24-30-16-15-29(47-30)21-38-39-35(42)25-41(22-27-8-4-2-5-9-27)48(43,44)31-10-6-3-7-11-31/h2-21H,22-25H2,1H3,(H,39,42)/b38-21-. The van der Waals surface area contributed by atoms with Crippen LogP contribution in [0.5, 0.6) is 0 Å². The van der Waals surface area contributed by atoms with Gasteiger partial charge in [-0.2, -0.15) is 13.7 Å². The SMILES string of the molecule is Cc1ccc(S(=O)(=O)N(Cc2ccc(Cl)c(Cl)c2)Cc2ccc(/C=N\NC(=O)CN(Cc3ccccc3)S(=O)(=O)c3ccccc3)o2)cc1. The summed E-state index contributed by atoms with van der Waals surface area (Å²) in [7, 11) is -7.98. The number of nitrogens with zero attached hydrogens (tertiary/aromatic N) is 3. The van der Waals surface area contributed by atoms with Gasteiger partial charge in [0.15, 0.2) is 0 Å². The van der Waals surface area contributed by atoms with Crippen molar-refractivity contribution in [2.45, 2.75) is 36.3 Å². The zero-order chi connectivity index (χ0) is 35.0. The molecule has 14 heteroatoms. The molecule has 0 spiro atoms. The molecular weight excluding hydrogens is 707 g/mol. The van der Waals surface area contributed by atoms with E-state index in [1.54, 1.807) is 97.1 Å². The van der Waals surface area contributed by atoms with E-state index in [-0.39, 0.29) is 35.2 Å². The zero-order valence-electron chi connectivity index (χ0n) is 26.2. The Morgan fingerprint density at radius 1 is 0.714 bits per heavy atom. The number of hydrazone groups is 1. The van der Waals surface area contributed by atoms with E-state index in [1.807, 2.05) is 13.0 Å². The number of amides is 1. The van der Waals surface area contributed by atoms with Crippen LogP contribution in [0.1, 0.15) is 28.2 Å². The first kappa shape index (κ1) is 36.0. The third kappa shape index (κ3) is 9.44. The molecule has 0 saturated carbocycles. The summed E-state index contributed by atoms with van der Waals surface area (Å²) in [5, 5.41) is 4.59. The fourth-order valence-corrected chi connectivity index (χ4v) is 7.89. The van der Waals surface area contributed by atoms with Crippen molar-refractivity contribution in [3.63, 3.8) is 0 Å². The van der Waals surface area contributed by atoms with Crippen LogP contribution in [0, 0.1) is 6.92 Å². The van der Waals surface area contributed by atoms with E-state index >= 15 is 0 Å². The molecule has 1 aromatic heterocycles.